The van der Waals surface area contributed by atoms with Crippen LogP contribution in [-0.4, -0.2) is 11.9 Å². The monoisotopic (exact) mass is 112 g/mol. The lowest BCUT2D eigenvalue weighted by Crippen LogP contribution is -1.76. The third-order valence-electron chi connectivity index (χ3n) is 0.522. The van der Waals surface area contributed by atoms with Crippen LogP contribution in [0.25, 0.3) is 0 Å². The van der Waals surface area contributed by atoms with E-state index in [1.54, 1.807) is 6.21 Å². The lowest BCUT2D eigenvalue weighted by atomic mass is 10.5. The summed E-state index contributed by atoms with van der Waals surface area (Å²) in [7, 11) is 0. The molecule has 0 atom stereocenters. The van der Waals surface area contributed by atoms with Crippen molar-refractivity contribution in [3.63, 3.8) is 0 Å². The summed E-state index contributed by atoms with van der Waals surface area (Å²) in [5.41, 5.74) is 0.995. The largest absolute Gasteiger partial charge is 0.164 e. The Balaban J connectivity index is 3.42. The van der Waals surface area contributed by atoms with Crippen LogP contribution in [0.1, 0.15) is 27.2 Å². The first-order valence-electron chi connectivity index (χ1n) is 2.80. The molecule has 0 saturated carbocycles. The van der Waals surface area contributed by atoms with Gasteiger partial charge in [-0.1, -0.05) is 6.92 Å². The Bertz CT molecular complexity index is 99.1. The maximum absolute atomic E-state index is 3.80. The van der Waals surface area contributed by atoms with E-state index in [0.29, 0.717) is 0 Å². The number of hydrogen-bond donors (Lipinski definition) is 0. The molecule has 0 amide bonds. The first-order valence-corrected chi connectivity index (χ1v) is 2.80. The molecule has 0 saturated heterocycles. The zero-order chi connectivity index (χ0) is 6.41. The second kappa shape index (κ2) is 4.50. The van der Waals surface area contributed by atoms with Crippen molar-refractivity contribution < 1.29 is 0 Å². The zero-order valence-corrected chi connectivity index (χ0v) is 5.68. The normalized spacial score (nSPS) is 9.88. The third kappa shape index (κ3) is 5.34. The standard InChI is InChI=1S/C6H12N2/c1-4-5-7-8-6(2)3/h5H,4H2,1-3H3/b7-5-. The van der Waals surface area contributed by atoms with Crippen LogP contribution in [0.4, 0.5) is 0 Å². The minimum absolute atomic E-state index is 0.955. The number of hydrogen-bond acceptors (Lipinski definition) is 2. The van der Waals surface area contributed by atoms with Crippen LogP contribution in [0.2, 0.25) is 0 Å². The van der Waals surface area contributed by atoms with Gasteiger partial charge in [0.1, 0.15) is 0 Å². The van der Waals surface area contributed by atoms with Gasteiger partial charge in [-0.05, 0) is 20.3 Å². The quantitative estimate of drug-likeness (QED) is 0.385. The smallest absolute Gasteiger partial charge is 0.0344 e. The van der Waals surface area contributed by atoms with Gasteiger partial charge in [-0.15, -0.1) is 0 Å². The van der Waals surface area contributed by atoms with E-state index >= 15 is 0 Å². The molecular formula is C6H12N2. The third-order valence-corrected chi connectivity index (χ3v) is 0.522. The van der Waals surface area contributed by atoms with Crippen molar-refractivity contribution in [1.82, 2.24) is 0 Å². The van der Waals surface area contributed by atoms with Crippen molar-refractivity contribution in [2.24, 2.45) is 10.2 Å². The van der Waals surface area contributed by atoms with E-state index < -0.39 is 0 Å². The fourth-order valence-corrected chi connectivity index (χ4v) is 0.238. The topological polar surface area (TPSA) is 24.7 Å². The molecule has 8 heavy (non-hydrogen) atoms. The van der Waals surface area contributed by atoms with Crippen LogP contribution in [0, 0.1) is 0 Å². The molecule has 2 nitrogen and oxygen atoms in total. The summed E-state index contributed by atoms with van der Waals surface area (Å²) in [5, 5.41) is 7.55. The lowest BCUT2D eigenvalue weighted by molar-refractivity contribution is 1.19. The Labute approximate surface area is 50.3 Å². The summed E-state index contributed by atoms with van der Waals surface area (Å²) >= 11 is 0. The van der Waals surface area contributed by atoms with Crippen LogP contribution < -0.4 is 0 Å². The Kier molecular flexibility index (Phi) is 4.13. The Morgan fingerprint density at radius 2 is 2.12 bits per heavy atom. The van der Waals surface area contributed by atoms with Gasteiger partial charge in [0.05, 0.1) is 0 Å². The van der Waals surface area contributed by atoms with E-state index in [2.05, 4.69) is 10.2 Å². The first-order chi connectivity index (χ1) is 3.77. The van der Waals surface area contributed by atoms with Crippen molar-refractivity contribution in [2.75, 3.05) is 0 Å². The molecule has 0 bridgehead atoms. The first kappa shape index (κ1) is 7.34. The molecule has 0 aliphatic carbocycles. The molecule has 0 unspecified atom stereocenters. The molecule has 2 heteroatoms. The minimum Gasteiger partial charge on any atom is -0.164 e. The Morgan fingerprint density at radius 3 is 2.50 bits per heavy atom. The molecule has 46 valence electrons. The minimum atomic E-state index is 0.955. The molecule has 0 radical (unpaired) electrons. The van der Waals surface area contributed by atoms with Crippen LogP contribution in [0.3, 0.4) is 0 Å². The fourth-order valence-electron chi connectivity index (χ4n) is 0.238. The van der Waals surface area contributed by atoms with E-state index in [9.17, 15) is 0 Å². The molecule has 0 aliphatic heterocycles. The van der Waals surface area contributed by atoms with Gasteiger partial charge in [0.15, 0.2) is 0 Å². The van der Waals surface area contributed by atoms with Gasteiger partial charge in [0.2, 0.25) is 0 Å². The number of rotatable bonds is 2. The summed E-state index contributed by atoms with van der Waals surface area (Å²) in [5.74, 6) is 0. The summed E-state index contributed by atoms with van der Waals surface area (Å²) in [6.45, 7) is 5.88. The molecule has 0 fully saturated rings. The van der Waals surface area contributed by atoms with Gasteiger partial charge < -0.3 is 0 Å². The second-order valence-electron chi connectivity index (χ2n) is 1.75. The van der Waals surface area contributed by atoms with Crippen molar-refractivity contribution in [2.45, 2.75) is 27.2 Å². The molecule has 0 aromatic carbocycles. The van der Waals surface area contributed by atoms with Gasteiger partial charge >= 0.3 is 0 Å². The highest BCUT2D eigenvalue weighted by molar-refractivity contribution is 5.79. The summed E-state index contributed by atoms with van der Waals surface area (Å²) in [6, 6.07) is 0. The lowest BCUT2D eigenvalue weighted by Gasteiger charge is -1.79. The second-order valence-corrected chi connectivity index (χ2v) is 1.75. The molecular weight excluding hydrogens is 100 g/mol. The summed E-state index contributed by atoms with van der Waals surface area (Å²) < 4.78 is 0. The predicted octanol–water partition coefficient (Wildman–Crippen LogP) is 1.86. The van der Waals surface area contributed by atoms with Gasteiger partial charge in [0, 0.05) is 11.9 Å². The van der Waals surface area contributed by atoms with Crippen molar-refractivity contribution >= 4 is 11.9 Å². The molecule has 0 aliphatic rings. The maximum Gasteiger partial charge on any atom is 0.0344 e. The van der Waals surface area contributed by atoms with Crippen LogP contribution >= 0.6 is 0 Å². The van der Waals surface area contributed by atoms with E-state index in [4.69, 9.17) is 0 Å². The highest BCUT2D eigenvalue weighted by Gasteiger charge is 1.69. The fraction of sp³-hybridized carbons (Fsp3) is 0.667. The Morgan fingerprint density at radius 1 is 1.50 bits per heavy atom. The molecule has 0 heterocycles. The average molecular weight is 112 g/mol. The van der Waals surface area contributed by atoms with Crippen LogP contribution in [-0.2, 0) is 0 Å². The maximum atomic E-state index is 3.80. The van der Waals surface area contributed by atoms with Crippen molar-refractivity contribution in [3.8, 4) is 0 Å². The molecule has 0 aromatic heterocycles. The van der Waals surface area contributed by atoms with E-state index in [1.807, 2.05) is 20.8 Å². The highest BCUT2D eigenvalue weighted by atomic mass is 15.2. The van der Waals surface area contributed by atoms with Crippen molar-refractivity contribution in [1.29, 1.82) is 0 Å². The van der Waals surface area contributed by atoms with Gasteiger partial charge in [0.25, 0.3) is 0 Å². The molecule has 0 rings (SSSR count). The predicted molar refractivity (Wildman–Crippen MR) is 37.6 cm³/mol. The van der Waals surface area contributed by atoms with Gasteiger partial charge in [-0.25, -0.2) is 0 Å². The average Bonchev–Trinajstić information content (AvgIpc) is 1.66. The van der Waals surface area contributed by atoms with Crippen LogP contribution in [0.15, 0.2) is 10.2 Å². The summed E-state index contributed by atoms with van der Waals surface area (Å²) in [6.07, 6.45) is 2.74. The molecule has 0 aromatic rings. The SMILES string of the molecule is CC/C=N\N=C(C)C. The van der Waals surface area contributed by atoms with Crippen LogP contribution in [0.5, 0.6) is 0 Å². The summed E-state index contributed by atoms with van der Waals surface area (Å²) in [4.78, 5) is 0. The van der Waals surface area contributed by atoms with Crippen molar-refractivity contribution in [3.05, 3.63) is 0 Å². The number of nitrogens with zero attached hydrogens (tertiary/aromatic N) is 2. The molecule has 0 N–H and O–H groups in total. The molecule has 0 spiro atoms. The highest BCUT2D eigenvalue weighted by Crippen LogP contribution is 1.76. The Hall–Kier alpha value is -0.660. The van der Waals surface area contributed by atoms with Gasteiger partial charge in [-0.3, -0.25) is 0 Å². The zero-order valence-electron chi connectivity index (χ0n) is 5.68. The van der Waals surface area contributed by atoms with E-state index in [1.165, 1.54) is 0 Å². The van der Waals surface area contributed by atoms with Gasteiger partial charge in [-0.2, -0.15) is 10.2 Å². The van der Waals surface area contributed by atoms with E-state index in [0.717, 1.165) is 12.1 Å². The van der Waals surface area contributed by atoms with E-state index in [-0.39, 0.29) is 0 Å².